The lowest BCUT2D eigenvalue weighted by Gasteiger charge is -2.12. The summed E-state index contributed by atoms with van der Waals surface area (Å²) >= 11 is 1.48. The van der Waals surface area contributed by atoms with E-state index in [1.807, 2.05) is 17.5 Å². The van der Waals surface area contributed by atoms with Crippen molar-refractivity contribution in [1.29, 1.82) is 0 Å². The molecule has 0 aliphatic heterocycles. The van der Waals surface area contributed by atoms with Crippen LogP contribution in [0.3, 0.4) is 0 Å². The molecule has 14 heavy (non-hydrogen) atoms. The van der Waals surface area contributed by atoms with E-state index in [9.17, 15) is 4.79 Å². The van der Waals surface area contributed by atoms with Gasteiger partial charge in [0.1, 0.15) is 0 Å². The minimum atomic E-state index is 0.0589. The fraction of sp³-hybridized carbons (Fsp3) is 0.545. The summed E-state index contributed by atoms with van der Waals surface area (Å²) in [6, 6.07) is 4.03. The van der Waals surface area contributed by atoms with E-state index in [1.165, 1.54) is 24.2 Å². The predicted molar refractivity (Wildman–Crippen MR) is 60.8 cm³/mol. The number of hydrogen-bond acceptors (Lipinski definition) is 2. The molecule has 1 aromatic rings. The van der Waals surface area contributed by atoms with Crippen molar-refractivity contribution in [2.45, 2.75) is 39.2 Å². The molecule has 3 heteroatoms. The van der Waals surface area contributed by atoms with Crippen molar-refractivity contribution in [1.82, 2.24) is 5.32 Å². The van der Waals surface area contributed by atoms with E-state index >= 15 is 0 Å². The van der Waals surface area contributed by atoms with Gasteiger partial charge < -0.3 is 5.32 Å². The van der Waals surface area contributed by atoms with Gasteiger partial charge in [0.15, 0.2) is 0 Å². The molecule has 0 saturated heterocycles. The molecule has 1 aromatic heterocycles. The maximum absolute atomic E-state index is 11.6. The van der Waals surface area contributed by atoms with Gasteiger partial charge in [0.25, 0.3) is 5.91 Å². The van der Waals surface area contributed by atoms with Crippen LogP contribution >= 0.6 is 11.3 Å². The molecule has 1 N–H and O–H groups in total. The fourth-order valence-corrected chi connectivity index (χ4v) is 1.91. The summed E-state index contributed by atoms with van der Waals surface area (Å²) in [6.07, 6.45) is 3.42. The lowest BCUT2D eigenvalue weighted by Crippen LogP contribution is -2.31. The summed E-state index contributed by atoms with van der Waals surface area (Å²) in [5.74, 6) is 0.0589. The summed E-state index contributed by atoms with van der Waals surface area (Å²) in [5.41, 5.74) is 0. The topological polar surface area (TPSA) is 29.1 Å². The molecule has 2 nitrogen and oxygen atoms in total. The molecule has 1 amide bonds. The predicted octanol–water partition coefficient (Wildman–Crippen LogP) is 3.06. The van der Waals surface area contributed by atoms with Gasteiger partial charge in [0, 0.05) is 6.04 Å². The molecule has 0 spiro atoms. The second-order valence-corrected chi connectivity index (χ2v) is 4.44. The van der Waals surface area contributed by atoms with E-state index in [4.69, 9.17) is 0 Å². The van der Waals surface area contributed by atoms with E-state index in [1.54, 1.807) is 0 Å². The Bertz CT molecular complexity index is 269. The van der Waals surface area contributed by atoms with Crippen molar-refractivity contribution in [2.75, 3.05) is 0 Å². The summed E-state index contributed by atoms with van der Waals surface area (Å²) in [5, 5.41) is 4.91. The number of amides is 1. The van der Waals surface area contributed by atoms with Crippen molar-refractivity contribution in [2.24, 2.45) is 0 Å². The van der Waals surface area contributed by atoms with Crippen LogP contribution in [0.2, 0.25) is 0 Å². The molecule has 1 unspecified atom stereocenters. The molecule has 1 heterocycles. The van der Waals surface area contributed by atoms with Gasteiger partial charge >= 0.3 is 0 Å². The maximum Gasteiger partial charge on any atom is 0.261 e. The first-order chi connectivity index (χ1) is 6.74. The molecule has 0 saturated carbocycles. The highest BCUT2D eigenvalue weighted by molar-refractivity contribution is 7.12. The number of carbonyl (C=O) groups is 1. The van der Waals surface area contributed by atoms with Gasteiger partial charge in [-0.3, -0.25) is 4.79 Å². The van der Waals surface area contributed by atoms with E-state index in [0.717, 1.165) is 11.3 Å². The zero-order valence-electron chi connectivity index (χ0n) is 8.75. The lowest BCUT2D eigenvalue weighted by atomic mass is 10.1. The Kier molecular flexibility index (Phi) is 4.66. The average Bonchev–Trinajstić information content (AvgIpc) is 2.67. The Balaban J connectivity index is 2.34. The highest BCUT2D eigenvalue weighted by Crippen LogP contribution is 2.09. The van der Waals surface area contributed by atoms with E-state index in [2.05, 4.69) is 19.2 Å². The Morgan fingerprint density at radius 1 is 1.64 bits per heavy atom. The van der Waals surface area contributed by atoms with Gasteiger partial charge in [-0.05, 0) is 24.8 Å². The zero-order valence-corrected chi connectivity index (χ0v) is 9.56. The molecule has 78 valence electrons. The van der Waals surface area contributed by atoms with E-state index in [0.29, 0.717) is 0 Å². The van der Waals surface area contributed by atoms with Crippen molar-refractivity contribution in [3.05, 3.63) is 22.4 Å². The molecule has 1 rings (SSSR count). The Morgan fingerprint density at radius 3 is 3.00 bits per heavy atom. The van der Waals surface area contributed by atoms with Crippen LogP contribution in [0.4, 0.5) is 0 Å². The summed E-state index contributed by atoms with van der Waals surface area (Å²) in [4.78, 5) is 12.4. The number of carbonyl (C=O) groups excluding carboxylic acids is 1. The number of nitrogens with one attached hydrogen (secondary N) is 1. The van der Waals surface area contributed by atoms with Gasteiger partial charge in [0.05, 0.1) is 4.88 Å². The van der Waals surface area contributed by atoms with Crippen LogP contribution in [-0.2, 0) is 0 Å². The average molecular weight is 211 g/mol. The molecular formula is C11H17NOS. The lowest BCUT2D eigenvalue weighted by molar-refractivity contribution is 0.0942. The second kappa shape index (κ2) is 5.81. The van der Waals surface area contributed by atoms with Crippen molar-refractivity contribution in [3.8, 4) is 0 Å². The van der Waals surface area contributed by atoms with Crippen LogP contribution in [-0.4, -0.2) is 11.9 Å². The zero-order chi connectivity index (χ0) is 10.4. The van der Waals surface area contributed by atoms with Crippen molar-refractivity contribution < 1.29 is 4.79 Å². The monoisotopic (exact) mass is 211 g/mol. The normalized spacial score (nSPS) is 12.4. The molecule has 0 aliphatic rings. The maximum atomic E-state index is 11.6. The smallest absolute Gasteiger partial charge is 0.261 e. The molecule has 0 bridgehead atoms. The Morgan fingerprint density at radius 2 is 2.43 bits per heavy atom. The minimum absolute atomic E-state index is 0.0589. The molecular weight excluding hydrogens is 194 g/mol. The third-order valence-electron chi connectivity index (χ3n) is 2.11. The van der Waals surface area contributed by atoms with Crippen LogP contribution in [0.5, 0.6) is 0 Å². The van der Waals surface area contributed by atoms with E-state index in [-0.39, 0.29) is 11.9 Å². The highest BCUT2D eigenvalue weighted by Gasteiger charge is 2.09. The molecule has 0 aliphatic carbocycles. The Hall–Kier alpha value is -0.830. The number of rotatable bonds is 5. The van der Waals surface area contributed by atoms with Gasteiger partial charge in [0.2, 0.25) is 0 Å². The molecule has 0 radical (unpaired) electrons. The quantitative estimate of drug-likeness (QED) is 0.797. The van der Waals surface area contributed by atoms with Crippen molar-refractivity contribution >= 4 is 17.2 Å². The third kappa shape index (κ3) is 3.50. The standard InChI is InChI=1S/C11H17NOS/c1-3-4-6-9(2)12-11(13)10-7-5-8-14-10/h5,7-9H,3-4,6H2,1-2H3,(H,12,13). The minimum Gasteiger partial charge on any atom is -0.349 e. The number of unbranched alkanes of at least 4 members (excludes halogenated alkanes) is 1. The SMILES string of the molecule is CCCCC(C)NC(=O)c1cccs1. The number of thiophene rings is 1. The fourth-order valence-electron chi connectivity index (χ4n) is 1.29. The van der Waals surface area contributed by atoms with Crippen LogP contribution < -0.4 is 5.32 Å². The first-order valence-corrected chi connectivity index (χ1v) is 5.96. The van der Waals surface area contributed by atoms with Crippen LogP contribution in [0.1, 0.15) is 42.8 Å². The van der Waals surface area contributed by atoms with Crippen LogP contribution in [0.25, 0.3) is 0 Å². The first kappa shape index (κ1) is 11.2. The van der Waals surface area contributed by atoms with Gasteiger partial charge in [-0.25, -0.2) is 0 Å². The summed E-state index contributed by atoms with van der Waals surface area (Å²) < 4.78 is 0. The van der Waals surface area contributed by atoms with Crippen LogP contribution in [0, 0.1) is 0 Å². The highest BCUT2D eigenvalue weighted by atomic mass is 32.1. The summed E-state index contributed by atoms with van der Waals surface area (Å²) in [6.45, 7) is 4.22. The third-order valence-corrected chi connectivity index (χ3v) is 2.98. The van der Waals surface area contributed by atoms with Gasteiger partial charge in [-0.2, -0.15) is 0 Å². The van der Waals surface area contributed by atoms with Gasteiger partial charge in [-0.15, -0.1) is 11.3 Å². The molecule has 1 atom stereocenters. The molecule has 0 fully saturated rings. The molecule has 0 aromatic carbocycles. The number of hydrogen-bond donors (Lipinski definition) is 1. The first-order valence-electron chi connectivity index (χ1n) is 5.08. The van der Waals surface area contributed by atoms with Crippen LogP contribution in [0.15, 0.2) is 17.5 Å². The second-order valence-electron chi connectivity index (χ2n) is 3.49. The summed E-state index contributed by atoms with van der Waals surface area (Å²) in [7, 11) is 0. The van der Waals surface area contributed by atoms with E-state index < -0.39 is 0 Å². The largest absolute Gasteiger partial charge is 0.349 e. The van der Waals surface area contributed by atoms with Gasteiger partial charge in [-0.1, -0.05) is 25.8 Å². The van der Waals surface area contributed by atoms with Crippen molar-refractivity contribution in [3.63, 3.8) is 0 Å². The Labute approximate surface area is 89.3 Å².